The van der Waals surface area contributed by atoms with Crippen molar-refractivity contribution < 1.29 is 27.8 Å². The lowest BCUT2D eigenvalue weighted by atomic mass is 10.3. The Kier molecular flexibility index (Phi) is 5.49. The number of ether oxygens (including phenoxy) is 1. The van der Waals surface area contributed by atoms with Gasteiger partial charge in [-0.05, 0) is 19.0 Å². The maximum Gasteiger partial charge on any atom is 0.490 e. The Bertz CT molecular complexity index is 394. The van der Waals surface area contributed by atoms with Gasteiger partial charge in [-0.15, -0.1) is 0 Å². The molecule has 0 amide bonds. The summed E-state index contributed by atoms with van der Waals surface area (Å²) in [7, 11) is 0. The van der Waals surface area contributed by atoms with E-state index in [1.165, 1.54) is 0 Å². The van der Waals surface area contributed by atoms with Crippen LogP contribution in [0.25, 0.3) is 0 Å². The van der Waals surface area contributed by atoms with E-state index in [0.29, 0.717) is 6.01 Å². The van der Waals surface area contributed by atoms with Gasteiger partial charge in [0.2, 0.25) is 0 Å². The molecule has 0 aromatic carbocycles. The van der Waals surface area contributed by atoms with E-state index in [4.69, 9.17) is 14.6 Å². The van der Waals surface area contributed by atoms with Gasteiger partial charge in [0.25, 0.3) is 0 Å². The number of aromatic nitrogens is 2. The van der Waals surface area contributed by atoms with Gasteiger partial charge in [0.15, 0.2) is 0 Å². The van der Waals surface area contributed by atoms with Crippen molar-refractivity contribution in [2.75, 3.05) is 13.1 Å². The lowest BCUT2D eigenvalue weighted by Gasteiger charge is -2.08. The van der Waals surface area contributed by atoms with Gasteiger partial charge in [0.05, 0.1) is 0 Å². The summed E-state index contributed by atoms with van der Waals surface area (Å²) in [6, 6.07) is 2.26. The van der Waals surface area contributed by atoms with Gasteiger partial charge in [0.1, 0.15) is 6.10 Å². The smallest absolute Gasteiger partial charge is 0.475 e. The lowest BCUT2D eigenvalue weighted by Crippen LogP contribution is -2.21. The highest BCUT2D eigenvalue weighted by molar-refractivity contribution is 5.73. The second kappa shape index (κ2) is 6.88. The van der Waals surface area contributed by atoms with E-state index < -0.39 is 12.1 Å². The van der Waals surface area contributed by atoms with Crippen molar-refractivity contribution in [3.8, 4) is 6.01 Å². The number of carboxylic acid groups (broad SMARTS) is 1. The quantitative estimate of drug-likeness (QED) is 0.835. The van der Waals surface area contributed by atoms with Crippen molar-refractivity contribution in [1.29, 1.82) is 0 Å². The molecule has 1 aliphatic rings. The molecule has 1 saturated heterocycles. The number of aliphatic carboxylic acids is 1. The molecule has 1 aliphatic heterocycles. The van der Waals surface area contributed by atoms with Crippen LogP contribution in [0.1, 0.15) is 6.42 Å². The zero-order chi connectivity index (χ0) is 14.3. The van der Waals surface area contributed by atoms with Crippen LogP contribution < -0.4 is 10.1 Å². The first kappa shape index (κ1) is 15.2. The highest BCUT2D eigenvalue weighted by Crippen LogP contribution is 2.13. The summed E-state index contributed by atoms with van der Waals surface area (Å²) in [6.45, 7) is 1.93. The van der Waals surface area contributed by atoms with Crippen molar-refractivity contribution in [2.45, 2.75) is 18.7 Å². The molecule has 19 heavy (non-hydrogen) atoms. The minimum atomic E-state index is -5.08. The Hall–Kier alpha value is -1.90. The summed E-state index contributed by atoms with van der Waals surface area (Å²) in [5.74, 6) is -2.76. The van der Waals surface area contributed by atoms with Crippen LogP contribution in [-0.4, -0.2) is 46.4 Å². The summed E-state index contributed by atoms with van der Waals surface area (Å²) >= 11 is 0. The first-order chi connectivity index (χ1) is 8.89. The molecule has 2 N–H and O–H groups in total. The molecule has 0 saturated carbocycles. The molecule has 2 heterocycles. The molecule has 2 rings (SSSR count). The van der Waals surface area contributed by atoms with Crippen LogP contribution in [0.4, 0.5) is 13.2 Å². The molecule has 0 aliphatic carbocycles. The topological polar surface area (TPSA) is 84.3 Å². The number of carboxylic acids is 1. The van der Waals surface area contributed by atoms with Gasteiger partial charge in [-0.25, -0.2) is 14.8 Å². The average Bonchev–Trinajstić information content (AvgIpc) is 2.83. The second-order valence-electron chi connectivity index (χ2n) is 3.57. The maximum absolute atomic E-state index is 10.6. The van der Waals surface area contributed by atoms with Crippen molar-refractivity contribution >= 4 is 5.97 Å². The van der Waals surface area contributed by atoms with E-state index in [2.05, 4.69) is 15.3 Å². The largest absolute Gasteiger partial charge is 0.490 e. The summed E-state index contributed by atoms with van der Waals surface area (Å²) < 4.78 is 37.2. The molecule has 9 heteroatoms. The standard InChI is InChI=1S/C8H11N3O.C2HF3O2/c1-3-10-8(11-4-1)12-7-2-5-9-6-7;3-2(4,5)1(6)7/h1,3-4,7,9H,2,5-6H2;(H,6,7)/t7-;/m0./s1. The minimum absolute atomic E-state index is 0.243. The molecule has 0 radical (unpaired) electrons. The fourth-order valence-corrected chi connectivity index (χ4v) is 1.22. The van der Waals surface area contributed by atoms with Gasteiger partial charge in [-0.3, -0.25) is 0 Å². The number of nitrogens with one attached hydrogen (secondary N) is 1. The third-order valence-electron chi connectivity index (χ3n) is 2.07. The predicted molar refractivity (Wildman–Crippen MR) is 57.6 cm³/mol. The molecule has 1 atom stereocenters. The molecule has 6 nitrogen and oxygen atoms in total. The van der Waals surface area contributed by atoms with E-state index in [-0.39, 0.29) is 6.10 Å². The van der Waals surface area contributed by atoms with E-state index >= 15 is 0 Å². The molecule has 1 aromatic heterocycles. The molecular formula is C10H12F3N3O3. The number of alkyl halides is 3. The monoisotopic (exact) mass is 279 g/mol. The number of nitrogens with zero attached hydrogens (tertiary/aromatic N) is 2. The molecular weight excluding hydrogens is 267 g/mol. The Morgan fingerprint density at radius 1 is 1.42 bits per heavy atom. The highest BCUT2D eigenvalue weighted by atomic mass is 19.4. The van der Waals surface area contributed by atoms with Gasteiger partial charge >= 0.3 is 18.2 Å². The van der Waals surface area contributed by atoms with E-state index in [1.54, 1.807) is 18.5 Å². The minimum Gasteiger partial charge on any atom is -0.475 e. The first-order valence-electron chi connectivity index (χ1n) is 5.34. The van der Waals surface area contributed by atoms with E-state index in [9.17, 15) is 13.2 Å². The Balaban J connectivity index is 0.000000224. The summed E-state index contributed by atoms with van der Waals surface area (Å²) in [6.07, 6.45) is -0.430. The van der Waals surface area contributed by atoms with E-state index in [1.807, 2.05) is 0 Å². The second-order valence-corrected chi connectivity index (χ2v) is 3.57. The fourth-order valence-electron chi connectivity index (χ4n) is 1.22. The van der Waals surface area contributed by atoms with Crippen LogP contribution in [0, 0.1) is 0 Å². The number of rotatable bonds is 2. The summed E-state index contributed by atoms with van der Waals surface area (Å²) in [4.78, 5) is 16.9. The van der Waals surface area contributed by atoms with Crippen LogP contribution >= 0.6 is 0 Å². The molecule has 106 valence electrons. The molecule has 1 fully saturated rings. The van der Waals surface area contributed by atoms with Crippen LogP contribution in [0.3, 0.4) is 0 Å². The zero-order valence-electron chi connectivity index (χ0n) is 9.72. The average molecular weight is 279 g/mol. The molecule has 1 aromatic rings. The number of carbonyl (C=O) groups is 1. The summed E-state index contributed by atoms with van der Waals surface area (Å²) in [5.41, 5.74) is 0. The van der Waals surface area contributed by atoms with Gasteiger partial charge in [-0.2, -0.15) is 13.2 Å². The number of hydrogen-bond acceptors (Lipinski definition) is 5. The van der Waals surface area contributed by atoms with E-state index in [0.717, 1.165) is 19.5 Å². The third kappa shape index (κ3) is 6.00. The van der Waals surface area contributed by atoms with Crippen LogP contribution in [-0.2, 0) is 4.79 Å². The predicted octanol–water partition coefficient (Wildman–Crippen LogP) is 0.851. The Morgan fingerprint density at radius 2 is 2.00 bits per heavy atom. The SMILES string of the molecule is O=C(O)C(F)(F)F.c1cnc(O[C@H]2CCNC2)nc1. The zero-order valence-corrected chi connectivity index (χ0v) is 9.72. The van der Waals surface area contributed by atoms with Gasteiger partial charge in [0, 0.05) is 18.9 Å². The van der Waals surface area contributed by atoms with Crippen LogP contribution in [0.2, 0.25) is 0 Å². The van der Waals surface area contributed by atoms with Crippen molar-refractivity contribution in [2.24, 2.45) is 0 Å². The third-order valence-corrected chi connectivity index (χ3v) is 2.07. The fraction of sp³-hybridized carbons (Fsp3) is 0.500. The highest BCUT2D eigenvalue weighted by Gasteiger charge is 2.38. The van der Waals surface area contributed by atoms with Crippen LogP contribution in [0.15, 0.2) is 18.5 Å². The van der Waals surface area contributed by atoms with Crippen LogP contribution in [0.5, 0.6) is 6.01 Å². The maximum atomic E-state index is 10.6. The van der Waals surface area contributed by atoms with Crippen molar-refractivity contribution in [3.05, 3.63) is 18.5 Å². The van der Waals surface area contributed by atoms with Gasteiger partial charge in [-0.1, -0.05) is 0 Å². The first-order valence-corrected chi connectivity index (χ1v) is 5.34. The Morgan fingerprint density at radius 3 is 2.42 bits per heavy atom. The molecule has 0 unspecified atom stereocenters. The van der Waals surface area contributed by atoms with Crippen molar-refractivity contribution in [1.82, 2.24) is 15.3 Å². The van der Waals surface area contributed by atoms with Crippen molar-refractivity contribution in [3.63, 3.8) is 0 Å². The normalized spacial score (nSPS) is 18.4. The lowest BCUT2D eigenvalue weighted by molar-refractivity contribution is -0.192. The molecule has 0 bridgehead atoms. The number of hydrogen-bond donors (Lipinski definition) is 2. The Labute approximate surface area is 106 Å². The molecule has 0 spiro atoms. The number of halogens is 3. The van der Waals surface area contributed by atoms with Gasteiger partial charge < -0.3 is 15.2 Å². The summed E-state index contributed by atoms with van der Waals surface area (Å²) in [5, 5.41) is 10.3.